The van der Waals surface area contributed by atoms with Crippen molar-refractivity contribution in [2.24, 2.45) is 0 Å². The van der Waals surface area contributed by atoms with Crippen molar-refractivity contribution in [3.05, 3.63) is 87.1 Å². The van der Waals surface area contributed by atoms with Crippen LogP contribution < -0.4 is 0 Å². The van der Waals surface area contributed by atoms with E-state index in [2.05, 4.69) is 25.7 Å². The van der Waals surface area contributed by atoms with Gasteiger partial charge in [-0.15, -0.1) is 11.3 Å². The number of nitrogens with zero attached hydrogens (tertiary/aromatic N) is 1. The topological polar surface area (TPSA) is 59.4 Å². The molecule has 0 saturated heterocycles. The molecule has 0 fully saturated rings. The summed E-state index contributed by atoms with van der Waals surface area (Å²) in [4.78, 5) is 13.9. The smallest absolute Gasteiger partial charge is 0.331 e. The van der Waals surface area contributed by atoms with Crippen molar-refractivity contribution >= 4 is 45.1 Å². The van der Waals surface area contributed by atoms with E-state index in [0.717, 1.165) is 23.5 Å². The van der Waals surface area contributed by atoms with Crippen LogP contribution in [0.15, 0.2) is 70.7 Å². The van der Waals surface area contributed by atoms with Crippen LogP contribution in [0.2, 0.25) is 0 Å². The SMILES string of the molecule is COC=CC(=O)O.FC(=Cc1ccccc1)c1nc(-c2ccc(F)cc2)c(Br)s1. The molecule has 0 amide bonds. The van der Waals surface area contributed by atoms with Gasteiger partial charge in [0, 0.05) is 5.56 Å². The minimum atomic E-state index is -0.998. The Hall–Kier alpha value is -2.84. The first kappa shape index (κ1) is 22.4. The van der Waals surface area contributed by atoms with E-state index in [-0.39, 0.29) is 10.8 Å². The second kappa shape index (κ2) is 11.2. The molecule has 0 spiro atoms. The van der Waals surface area contributed by atoms with Gasteiger partial charge in [-0.2, -0.15) is 0 Å². The Balaban J connectivity index is 0.000000370. The number of benzene rings is 2. The Bertz CT molecular complexity index is 1000. The first-order valence-electron chi connectivity index (χ1n) is 8.18. The van der Waals surface area contributed by atoms with Crippen LogP contribution in [-0.2, 0) is 9.53 Å². The Morgan fingerprint density at radius 3 is 2.38 bits per heavy atom. The van der Waals surface area contributed by atoms with Gasteiger partial charge in [0.1, 0.15) is 5.82 Å². The van der Waals surface area contributed by atoms with Gasteiger partial charge in [0.05, 0.1) is 28.9 Å². The van der Waals surface area contributed by atoms with Crippen LogP contribution in [0.4, 0.5) is 8.78 Å². The van der Waals surface area contributed by atoms with Gasteiger partial charge in [-0.1, -0.05) is 30.3 Å². The molecule has 29 heavy (non-hydrogen) atoms. The van der Waals surface area contributed by atoms with Gasteiger partial charge >= 0.3 is 5.97 Å². The number of ether oxygens (including phenoxy) is 1. The zero-order valence-corrected chi connectivity index (χ0v) is 17.6. The predicted octanol–water partition coefficient (Wildman–Crippen LogP) is 6.41. The molecule has 8 heteroatoms. The summed E-state index contributed by atoms with van der Waals surface area (Å²) >= 11 is 4.60. The number of carboxylic acids is 1. The maximum atomic E-state index is 14.3. The summed E-state index contributed by atoms with van der Waals surface area (Å²) in [6, 6.07) is 15.2. The van der Waals surface area contributed by atoms with E-state index in [1.165, 1.54) is 36.7 Å². The number of hydrogen-bond acceptors (Lipinski definition) is 4. The number of carbonyl (C=O) groups is 1. The van der Waals surface area contributed by atoms with Crippen molar-refractivity contribution in [2.75, 3.05) is 7.11 Å². The normalized spacial score (nSPS) is 11.1. The Labute approximate surface area is 178 Å². The third kappa shape index (κ3) is 7.24. The molecule has 0 atom stereocenters. The minimum Gasteiger partial charge on any atom is -0.504 e. The number of thiazole rings is 1. The third-order valence-corrected chi connectivity index (χ3v) is 5.06. The van der Waals surface area contributed by atoms with Gasteiger partial charge in [-0.3, -0.25) is 0 Å². The maximum absolute atomic E-state index is 14.3. The summed E-state index contributed by atoms with van der Waals surface area (Å²) in [6.45, 7) is 0. The highest BCUT2D eigenvalue weighted by Gasteiger charge is 2.14. The van der Waals surface area contributed by atoms with E-state index >= 15 is 0 Å². The second-order valence-electron chi connectivity index (χ2n) is 5.43. The largest absolute Gasteiger partial charge is 0.504 e. The molecule has 1 heterocycles. The molecular formula is C21H16BrF2NO3S. The van der Waals surface area contributed by atoms with E-state index in [4.69, 9.17) is 5.11 Å². The first-order chi connectivity index (χ1) is 13.9. The minimum absolute atomic E-state index is 0.287. The first-order valence-corrected chi connectivity index (χ1v) is 9.78. The molecule has 0 saturated carbocycles. The zero-order chi connectivity index (χ0) is 21.2. The predicted molar refractivity (Wildman–Crippen MR) is 114 cm³/mol. The molecule has 4 nitrogen and oxygen atoms in total. The van der Waals surface area contributed by atoms with E-state index in [0.29, 0.717) is 9.48 Å². The molecule has 0 aliphatic carbocycles. The van der Waals surface area contributed by atoms with Crippen molar-refractivity contribution in [3.8, 4) is 11.3 Å². The fraction of sp³-hybridized carbons (Fsp3) is 0.0476. The van der Waals surface area contributed by atoms with Gasteiger partial charge in [0.25, 0.3) is 0 Å². The van der Waals surface area contributed by atoms with Crippen LogP contribution in [0, 0.1) is 5.82 Å². The standard InChI is InChI=1S/C17H10BrF2NS.C4H6O3/c18-16-15(12-6-8-13(19)9-7-12)21-17(22-16)14(20)10-11-4-2-1-3-5-11;1-7-3-2-4(5)6/h1-10H;2-3H,1H3,(H,5,6). The molecule has 150 valence electrons. The van der Waals surface area contributed by atoms with Gasteiger partial charge in [0.2, 0.25) is 0 Å². The number of rotatable bonds is 5. The fourth-order valence-corrected chi connectivity index (χ4v) is 3.57. The summed E-state index contributed by atoms with van der Waals surface area (Å²) in [5.41, 5.74) is 2.12. The fourth-order valence-electron chi connectivity index (χ4n) is 2.07. The molecule has 1 N–H and O–H groups in total. The summed E-state index contributed by atoms with van der Waals surface area (Å²) in [5, 5.41) is 8.16. The van der Waals surface area contributed by atoms with E-state index in [9.17, 15) is 13.6 Å². The lowest BCUT2D eigenvalue weighted by molar-refractivity contribution is -0.131. The second-order valence-corrected chi connectivity index (χ2v) is 7.74. The molecule has 0 aliphatic rings. The van der Waals surface area contributed by atoms with Crippen LogP contribution in [-0.4, -0.2) is 23.2 Å². The summed E-state index contributed by atoms with van der Waals surface area (Å²) in [6.07, 6.45) is 3.46. The molecule has 2 aromatic carbocycles. The van der Waals surface area contributed by atoms with Crippen molar-refractivity contribution in [2.45, 2.75) is 0 Å². The molecule has 0 bridgehead atoms. The Kier molecular flexibility index (Phi) is 8.69. The summed E-state index contributed by atoms with van der Waals surface area (Å²) < 4.78 is 32.3. The van der Waals surface area contributed by atoms with Crippen LogP contribution in [0.5, 0.6) is 0 Å². The summed E-state index contributed by atoms with van der Waals surface area (Å²) in [7, 11) is 1.39. The van der Waals surface area contributed by atoms with Gasteiger partial charge in [-0.05, 0) is 51.8 Å². The van der Waals surface area contributed by atoms with E-state index in [1.807, 2.05) is 30.3 Å². The number of methoxy groups -OCH3 is 1. The molecule has 0 aliphatic heterocycles. The average molecular weight is 480 g/mol. The van der Waals surface area contributed by atoms with Crippen LogP contribution in [0.1, 0.15) is 10.6 Å². The highest BCUT2D eigenvalue weighted by molar-refractivity contribution is 9.11. The van der Waals surface area contributed by atoms with Crippen LogP contribution >= 0.6 is 27.3 Å². The number of carboxylic acid groups (broad SMARTS) is 1. The van der Waals surface area contributed by atoms with Gasteiger partial charge in [0.15, 0.2) is 10.8 Å². The maximum Gasteiger partial charge on any atom is 0.331 e. The lowest BCUT2D eigenvalue weighted by atomic mass is 10.2. The molecule has 0 unspecified atom stereocenters. The molecular weight excluding hydrogens is 464 g/mol. The lowest BCUT2D eigenvalue weighted by Gasteiger charge is -1.97. The van der Waals surface area contributed by atoms with Crippen molar-refractivity contribution < 1.29 is 23.4 Å². The quantitative estimate of drug-likeness (QED) is 0.339. The van der Waals surface area contributed by atoms with Crippen molar-refractivity contribution in [1.82, 2.24) is 4.98 Å². The number of hydrogen-bond donors (Lipinski definition) is 1. The zero-order valence-electron chi connectivity index (χ0n) is 15.2. The highest BCUT2D eigenvalue weighted by Crippen LogP contribution is 2.36. The van der Waals surface area contributed by atoms with Crippen LogP contribution in [0.25, 0.3) is 23.2 Å². The molecule has 1 aromatic heterocycles. The Morgan fingerprint density at radius 1 is 1.17 bits per heavy atom. The third-order valence-electron chi connectivity index (χ3n) is 3.35. The number of aromatic nitrogens is 1. The van der Waals surface area contributed by atoms with E-state index in [1.54, 1.807) is 12.1 Å². The van der Waals surface area contributed by atoms with Crippen molar-refractivity contribution in [3.63, 3.8) is 0 Å². The number of aliphatic carboxylic acids is 1. The number of halogens is 3. The average Bonchev–Trinajstić information content (AvgIpc) is 3.10. The van der Waals surface area contributed by atoms with Crippen molar-refractivity contribution in [1.29, 1.82) is 0 Å². The lowest BCUT2D eigenvalue weighted by Crippen LogP contribution is -1.85. The Morgan fingerprint density at radius 2 is 1.83 bits per heavy atom. The van der Waals surface area contributed by atoms with Gasteiger partial charge in [-0.25, -0.2) is 18.6 Å². The molecule has 3 aromatic rings. The van der Waals surface area contributed by atoms with Gasteiger partial charge < -0.3 is 9.84 Å². The van der Waals surface area contributed by atoms with E-state index < -0.39 is 11.8 Å². The molecule has 0 radical (unpaired) electrons. The summed E-state index contributed by atoms with van der Waals surface area (Å²) in [5.74, 6) is -1.71. The van der Waals surface area contributed by atoms with Crippen LogP contribution in [0.3, 0.4) is 0 Å². The molecule has 3 rings (SSSR count). The highest BCUT2D eigenvalue weighted by atomic mass is 79.9. The monoisotopic (exact) mass is 479 g/mol.